The largest absolute Gasteiger partial charge is 0.507 e. The van der Waals surface area contributed by atoms with Gasteiger partial charge >= 0.3 is 0 Å². The summed E-state index contributed by atoms with van der Waals surface area (Å²) < 4.78 is 15.9. The van der Waals surface area contributed by atoms with Gasteiger partial charge in [-0.25, -0.2) is 0 Å². The predicted molar refractivity (Wildman–Crippen MR) is 77.4 cm³/mol. The Hall–Kier alpha value is -2.89. The molecule has 0 atom stereocenters. The quantitative estimate of drug-likeness (QED) is 0.830. The SMILES string of the molecule is COc1cc(O)c2c(c1O)Oc1c(cccc1OC)CC2=O. The van der Waals surface area contributed by atoms with E-state index in [9.17, 15) is 15.0 Å². The first-order chi connectivity index (χ1) is 10.6. The van der Waals surface area contributed by atoms with E-state index in [1.807, 2.05) is 0 Å². The zero-order valence-electron chi connectivity index (χ0n) is 12.0. The van der Waals surface area contributed by atoms with Crippen LogP contribution in [0.2, 0.25) is 0 Å². The molecule has 2 N–H and O–H groups in total. The van der Waals surface area contributed by atoms with Crippen molar-refractivity contribution in [1.29, 1.82) is 0 Å². The van der Waals surface area contributed by atoms with Crippen LogP contribution >= 0.6 is 0 Å². The molecule has 3 rings (SSSR count). The Kier molecular flexibility index (Phi) is 3.29. The molecule has 0 spiro atoms. The van der Waals surface area contributed by atoms with Crippen LogP contribution in [0.1, 0.15) is 15.9 Å². The van der Waals surface area contributed by atoms with Crippen molar-refractivity contribution in [1.82, 2.24) is 0 Å². The van der Waals surface area contributed by atoms with Gasteiger partial charge in [-0.2, -0.15) is 0 Å². The van der Waals surface area contributed by atoms with Gasteiger partial charge in [0.2, 0.25) is 5.75 Å². The van der Waals surface area contributed by atoms with E-state index >= 15 is 0 Å². The number of para-hydroxylation sites is 1. The molecule has 0 saturated heterocycles. The van der Waals surface area contributed by atoms with Gasteiger partial charge in [-0.15, -0.1) is 0 Å². The number of rotatable bonds is 2. The lowest BCUT2D eigenvalue weighted by Crippen LogP contribution is -2.03. The summed E-state index contributed by atoms with van der Waals surface area (Å²) in [6, 6.07) is 6.34. The first kappa shape index (κ1) is 14.1. The summed E-state index contributed by atoms with van der Waals surface area (Å²) in [5.74, 6) is -0.367. The maximum Gasteiger partial charge on any atom is 0.202 e. The molecule has 0 aromatic heterocycles. The molecule has 0 saturated carbocycles. The second kappa shape index (κ2) is 5.14. The standard InChI is InChI=1S/C16H14O6/c1-20-11-5-3-4-8-6-9(17)13-10(18)7-12(21-2)14(19)16(13)22-15(8)11/h3-5,7,18-19H,6H2,1-2H3. The van der Waals surface area contributed by atoms with Gasteiger partial charge in [-0.3, -0.25) is 4.79 Å². The Bertz CT molecular complexity index is 766. The number of carbonyl (C=O) groups is 1. The summed E-state index contributed by atoms with van der Waals surface area (Å²) in [5, 5.41) is 20.3. The first-order valence-corrected chi connectivity index (χ1v) is 6.56. The van der Waals surface area contributed by atoms with E-state index in [4.69, 9.17) is 14.2 Å². The fourth-order valence-corrected chi connectivity index (χ4v) is 2.48. The van der Waals surface area contributed by atoms with Gasteiger partial charge in [-0.1, -0.05) is 12.1 Å². The monoisotopic (exact) mass is 302 g/mol. The average molecular weight is 302 g/mol. The highest BCUT2D eigenvalue weighted by atomic mass is 16.5. The van der Waals surface area contributed by atoms with Gasteiger partial charge in [0.05, 0.1) is 14.2 Å². The van der Waals surface area contributed by atoms with Crippen LogP contribution in [-0.2, 0) is 6.42 Å². The second-order valence-electron chi connectivity index (χ2n) is 4.80. The van der Waals surface area contributed by atoms with Gasteiger partial charge in [0, 0.05) is 18.1 Å². The highest BCUT2D eigenvalue weighted by Crippen LogP contribution is 2.50. The number of ketones is 1. The fraction of sp³-hybridized carbons (Fsp3) is 0.188. The number of Topliss-reactive ketones (excluding diaryl/α,β-unsaturated/α-hetero) is 1. The molecule has 2 aromatic rings. The maximum absolute atomic E-state index is 12.4. The lowest BCUT2D eigenvalue weighted by Gasteiger charge is -2.15. The molecule has 0 unspecified atom stereocenters. The molecular formula is C16H14O6. The van der Waals surface area contributed by atoms with E-state index in [1.165, 1.54) is 20.3 Å². The van der Waals surface area contributed by atoms with Gasteiger partial charge in [-0.05, 0) is 6.07 Å². The van der Waals surface area contributed by atoms with E-state index in [-0.39, 0.29) is 40.8 Å². The zero-order valence-corrected chi connectivity index (χ0v) is 12.0. The highest BCUT2D eigenvalue weighted by Gasteiger charge is 2.30. The first-order valence-electron chi connectivity index (χ1n) is 6.56. The Morgan fingerprint density at radius 1 is 1.09 bits per heavy atom. The van der Waals surface area contributed by atoms with Crippen molar-refractivity contribution in [3.63, 3.8) is 0 Å². The van der Waals surface area contributed by atoms with Gasteiger partial charge in [0.15, 0.2) is 28.8 Å². The minimum Gasteiger partial charge on any atom is -0.507 e. The number of phenols is 2. The molecule has 1 aliphatic rings. The molecule has 22 heavy (non-hydrogen) atoms. The number of fused-ring (bicyclic) bond motifs is 2. The smallest absolute Gasteiger partial charge is 0.202 e. The summed E-state index contributed by atoms with van der Waals surface area (Å²) in [6.07, 6.45) is 0.0266. The summed E-state index contributed by atoms with van der Waals surface area (Å²) in [6.45, 7) is 0. The van der Waals surface area contributed by atoms with Crippen LogP contribution in [0.3, 0.4) is 0 Å². The number of methoxy groups -OCH3 is 2. The van der Waals surface area contributed by atoms with Gasteiger partial charge in [0.25, 0.3) is 0 Å². The van der Waals surface area contributed by atoms with E-state index < -0.39 is 0 Å². The van der Waals surface area contributed by atoms with Gasteiger partial charge < -0.3 is 24.4 Å². The third kappa shape index (κ3) is 2.00. The highest BCUT2D eigenvalue weighted by molar-refractivity contribution is 6.04. The van der Waals surface area contributed by atoms with E-state index in [1.54, 1.807) is 18.2 Å². The van der Waals surface area contributed by atoms with Crippen LogP contribution in [0.15, 0.2) is 24.3 Å². The van der Waals surface area contributed by atoms with Gasteiger partial charge in [0.1, 0.15) is 11.3 Å². The van der Waals surface area contributed by atoms with Crippen LogP contribution < -0.4 is 14.2 Å². The number of hydrogen-bond acceptors (Lipinski definition) is 6. The molecule has 6 nitrogen and oxygen atoms in total. The van der Waals surface area contributed by atoms with E-state index in [0.29, 0.717) is 17.1 Å². The van der Waals surface area contributed by atoms with Crippen molar-refractivity contribution in [2.45, 2.75) is 6.42 Å². The van der Waals surface area contributed by atoms with Crippen LogP contribution in [-0.4, -0.2) is 30.2 Å². The minimum absolute atomic E-state index is 0.0161. The molecule has 0 bridgehead atoms. The van der Waals surface area contributed by atoms with Crippen molar-refractivity contribution in [2.24, 2.45) is 0 Å². The fourth-order valence-electron chi connectivity index (χ4n) is 2.48. The number of aromatic hydroxyl groups is 2. The Labute approximate surface area is 126 Å². The predicted octanol–water partition coefficient (Wildman–Crippen LogP) is 2.65. The average Bonchev–Trinajstić information content (AvgIpc) is 2.66. The van der Waals surface area contributed by atoms with E-state index in [2.05, 4.69) is 0 Å². The third-order valence-electron chi connectivity index (χ3n) is 3.53. The molecule has 2 aromatic carbocycles. The van der Waals surface area contributed by atoms with E-state index in [0.717, 1.165) is 0 Å². The molecule has 0 fully saturated rings. The van der Waals surface area contributed by atoms with Crippen LogP contribution in [0.5, 0.6) is 34.5 Å². The van der Waals surface area contributed by atoms with Crippen molar-refractivity contribution in [3.05, 3.63) is 35.4 Å². The molecule has 6 heteroatoms. The van der Waals surface area contributed by atoms with Crippen molar-refractivity contribution >= 4 is 5.78 Å². The molecule has 114 valence electrons. The topological polar surface area (TPSA) is 85.2 Å². The Morgan fingerprint density at radius 3 is 2.50 bits per heavy atom. The van der Waals surface area contributed by atoms with Crippen molar-refractivity contribution in [3.8, 4) is 34.5 Å². The van der Waals surface area contributed by atoms with Crippen molar-refractivity contribution in [2.75, 3.05) is 14.2 Å². The zero-order chi connectivity index (χ0) is 15.9. The molecule has 0 aliphatic carbocycles. The maximum atomic E-state index is 12.4. The molecule has 1 aliphatic heterocycles. The second-order valence-corrected chi connectivity index (χ2v) is 4.80. The number of ether oxygens (including phenoxy) is 3. The molecule has 1 heterocycles. The summed E-state index contributed by atoms with van der Waals surface area (Å²) >= 11 is 0. The number of phenolic OH excluding ortho intramolecular Hbond substituents is 2. The summed E-state index contributed by atoms with van der Waals surface area (Å²) in [4.78, 5) is 12.4. The van der Waals surface area contributed by atoms with Crippen LogP contribution in [0.4, 0.5) is 0 Å². The third-order valence-corrected chi connectivity index (χ3v) is 3.53. The Morgan fingerprint density at radius 2 is 1.82 bits per heavy atom. The van der Waals surface area contributed by atoms with Crippen molar-refractivity contribution < 1.29 is 29.2 Å². The normalized spacial score (nSPS) is 12.7. The van der Waals surface area contributed by atoms with Crippen LogP contribution in [0, 0.1) is 0 Å². The summed E-state index contributed by atoms with van der Waals surface area (Å²) in [5.41, 5.74) is 0.537. The minimum atomic E-state index is -0.363. The lowest BCUT2D eigenvalue weighted by molar-refractivity contribution is 0.0990. The number of carbonyl (C=O) groups excluding carboxylic acids is 1. The Balaban J connectivity index is 2.28. The number of benzene rings is 2. The van der Waals surface area contributed by atoms with Crippen LogP contribution in [0.25, 0.3) is 0 Å². The number of hydrogen-bond donors (Lipinski definition) is 2. The summed E-state index contributed by atoms with van der Waals surface area (Å²) in [7, 11) is 2.82. The molecular weight excluding hydrogens is 288 g/mol. The molecule has 0 amide bonds. The lowest BCUT2D eigenvalue weighted by atomic mass is 10.0. The molecule has 0 radical (unpaired) electrons.